The molecule has 2 aromatic carbocycles. The van der Waals surface area contributed by atoms with Crippen molar-refractivity contribution in [2.75, 3.05) is 30.8 Å². The van der Waals surface area contributed by atoms with Gasteiger partial charge in [0.2, 0.25) is 10.0 Å². The zero-order valence-electron chi connectivity index (χ0n) is 15.9. The Balaban J connectivity index is 1.63. The van der Waals surface area contributed by atoms with Crippen LogP contribution in [0.5, 0.6) is 11.5 Å². The van der Waals surface area contributed by atoms with E-state index in [-0.39, 0.29) is 18.9 Å². The second-order valence-electron chi connectivity index (χ2n) is 6.59. The first-order valence-electron chi connectivity index (χ1n) is 9.02. The van der Waals surface area contributed by atoms with Crippen LogP contribution in [0.4, 0.5) is 5.69 Å². The Morgan fingerprint density at radius 2 is 1.93 bits per heavy atom. The predicted molar refractivity (Wildman–Crippen MR) is 107 cm³/mol. The van der Waals surface area contributed by atoms with E-state index in [4.69, 9.17) is 9.47 Å². The number of fused-ring (bicyclic) bond motifs is 1. The molecule has 0 unspecified atom stereocenters. The highest BCUT2D eigenvalue weighted by Crippen LogP contribution is 2.33. The second kappa shape index (κ2) is 8.52. The lowest BCUT2D eigenvalue weighted by Crippen LogP contribution is -2.40. The van der Waals surface area contributed by atoms with Gasteiger partial charge in [-0.05, 0) is 36.2 Å². The molecular formula is C20H24N2O5S. The van der Waals surface area contributed by atoms with Gasteiger partial charge in [-0.2, -0.15) is 0 Å². The van der Waals surface area contributed by atoms with Crippen LogP contribution in [0.25, 0.3) is 0 Å². The van der Waals surface area contributed by atoms with Gasteiger partial charge in [-0.15, -0.1) is 0 Å². The molecule has 7 nitrogen and oxygen atoms in total. The topological polar surface area (TPSA) is 84.9 Å². The standard InChI is InChI=1S/C20H24N2O5S/c1-26-16-9-7-15(8-10-16)11-13-21-20(23)19-12-14-22(28(2,24)25)17-5-3-4-6-18(17)27-19/h3-10,19H,11-14H2,1-2H3,(H,21,23)/t19-/m0/s1. The molecule has 0 fully saturated rings. The smallest absolute Gasteiger partial charge is 0.261 e. The Bertz CT molecular complexity index is 928. The number of anilines is 1. The number of hydrogen-bond acceptors (Lipinski definition) is 5. The lowest BCUT2D eigenvalue weighted by atomic mass is 10.1. The average molecular weight is 404 g/mol. The fourth-order valence-electron chi connectivity index (χ4n) is 3.10. The second-order valence-corrected chi connectivity index (χ2v) is 8.49. The summed E-state index contributed by atoms with van der Waals surface area (Å²) >= 11 is 0. The van der Waals surface area contributed by atoms with Crippen LogP contribution in [0.2, 0.25) is 0 Å². The Morgan fingerprint density at radius 3 is 2.61 bits per heavy atom. The molecule has 1 aliphatic heterocycles. The average Bonchev–Trinajstić information content (AvgIpc) is 2.88. The van der Waals surface area contributed by atoms with Crippen molar-refractivity contribution < 1.29 is 22.7 Å². The number of amides is 1. The number of para-hydroxylation sites is 2. The molecule has 0 saturated carbocycles. The molecule has 1 N–H and O–H groups in total. The van der Waals surface area contributed by atoms with Crippen molar-refractivity contribution in [1.29, 1.82) is 0 Å². The van der Waals surface area contributed by atoms with E-state index in [1.54, 1.807) is 31.4 Å². The number of benzene rings is 2. The van der Waals surface area contributed by atoms with Gasteiger partial charge in [0.15, 0.2) is 6.10 Å². The van der Waals surface area contributed by atoms with Crippen LogP contribution < -0.4 is 19.1 Å². The maximum Gasteiger partial charge on any atom is 0.261 e. The first kappa shape index (κ1) is 20.0. The Hall–Kier alpha value is -2.74. The third-order valence-corrected chi connectivity index (χ3v) is 5.74. The number of rotatable bonds is 6. The van der Waals surface area contributed by atoms with Gasteiger partial charge in [-0.1, -0.05) is 24.3 Å². The zero-order chi connectivity index (χ0) is 20.1. The Kier molecular flexibility index (Phi) is 6.08. The lowest BCUT2D eigenvalue weighted by Gasteiger charge is -2.20. The van der Waals surface area contributed by atoms with Gasteiger partial charge in [-0.25, -0.2) is 8.42 Å². The molecule has 1 atom stereocenters. The van der Waals surface area contributed by atoms with E-state index < -0.39 is 16.1 Å². The van der Waals surface area contributed by atoms with Crippen LogP contribution in [-0.4, -0.2) is 46.9 Å². The third kappa shape index (κ3) is 4.75. The Labute approximate surface area is 165 Å². The molecular weight excluding hydrogens is 380 g/mol. The largest absolute Gasteiger partial charge is 0.497 e. The van der Waals surface area contributed by atoms with Crippen LogP contribution in [-0.2, 0) is 21.2 Å². The number of nitrogens with zero attached hydrogens (tertiary/aromatic N) is 1. The van der Waals surface area contributed by atoms with Crippen molar-refractivity contribution in [2.45, 2.75) is 18.9 Å². The maximum atomic E-state index is 12.6. The number of methoxy groups -OCH3 is 1. The predicted octanol–water partition coefficient (Wildman–Crippen LogP) is 1.97. The molecule has 1 heterocycles. The molecule has 1 aliphatic rings. The van der Waals surface area contributed by atoms with Crippen molar-refractivity contribution in [3.8, 4) is 11.5 Å². The molecule has 0 bridgehead atoms. The molecule has 0 saturated heterocycles. The van der Waals surface area contributed by atoms with Crippen molar-refractivity contribution >= 4 is 21.6 Å². The zero-order valence-corrected chi connectivity index (χ0v) is 16.7. The first-order chi connectivity index (χ1) is 13.4. The minimum absolute atomic E-state index is 0.187. The van der Waals surface area contributed by atoms with E-state index in [9.17, 15) is 13.2 Å². The summed E-state index contributed by atoms with van der Waals surface area (Å²) in [7, 11) is -1.84. The van der Waals surface area contributed by atoms with Crippen LogP contribution in [0.15, 0.2) is 48.5 Å². The summed E-state index contributed by atoms with van der Waals surface area (Å²) in [5.41, 5.74) is 1.54. The van der Waals surface area contributed by atoms with E-state index in [0.29, 0.717) is 24.4 Å². The minimum Gasteiger partial charge on any atom is -0.497 e. The minimum atomic E-state index is -3.46. The molecule has 1 amide bonds. The molecule has 8 heteroatoms. The molecule has 2 aromatic rings. The fourth-order valence-corrected chi connectivity index (χ4v) is 4.04. The van der Waals surface area contributed by atoms with Crippen LogP contribution in [0.1, 0.15) is 12.0 Å². The van der Waals surface area contributed by atoms with Gasteiger partial charge >= 0.3 is 0 Å². The van der Waals surface area contributed by atoms with E-state index in [0.717, 1.165) is 17.6 Å². The number of sulfonamides is 1. The van der Waals surface area contributed by atoms with Crippen molar-refractivity contribution in [3.63, 3.8) is 0 Å². The summed E-state index contributed by atoms with van der Waals surface area (Å²) in [4.78, 5) is 12.6. The van der Waals surface area contributed by atoms with Gasteiger partial charge in [0.25, 0.3) is 5.91 Å². The maximum absolute atomic E-state index is 12.6. The van der Waals surface area contributed by atoms with E-state index >= 15 is 0 Å². The first-order valence-corrected chi connectivity index (χ1v) is 10.9. The van der Waals surface area contributed by atoms with Crippen LogP contribution >= 0.6 is 0 Å². The summed E-state index contributed by atoms with van der Waals surface area (Å²) in [6, 6.07) is 14.5. The number of nitrogens with one attached hydrogen (secondary N) is 1. The number of ether oxygens (including phenoxy) is 2. The fraction of sp³-hybridized carbons (Fsp3) is 0.350. The molecule has 0 radical (unpaired) electrons. The number of carbonyl (C=O) groups is 1. The molecule has 0 aromatic heterocycles. The van der Waals surface area contributed by atoms with E-state index in [1.807, 2.05) is 24.3 Å². The van der Waals surface area contributed by atoms with Crippen molar-refractivity contribution in [2.24, 2.45) is 0 Å². The van der Waals surface area contributed by atoms with E-state index in [2.05, 4.69) is 5.32 Å². The third-order valence-electron chi connectivity index (χ3n) is 4.56. The number of hydrogen-bond donors (Lipinski definition) is 1. The molecule has 0 spiro atoms. The van der Waals surface area contributed by atoms with Gasteiger partial charge in [-0.3, -0.25) is 9.10 Å². The van der Waals surface area contributed by atoms with Crippen molar-refractivity contribution in [3.05, 3.63) is 54.1 Å². The van der Waals surface area contributed by atoms with Gasteiger partial charge in [0.05, 0.1) is 19.1 Å². The molecule has 150 valence electrons. The summed E-state index contributed by atoms with van der Waals surface area (Å²) in [5.74, 6) is 0.924. The Morgan fingerprint density at radius 1 is 1.21 bits per heavy atom. The van der Waals surface area contributed by atoms with Crippen molar-refractivity contribution in [1.82, 2.24) is 5.32 Å². The highest BCUT2D eigenvalue weighted by Gasteiger charge is 2.30. The van der Waals surface area contributed by atoms with Crippen LogP contribution in [0, 0.1) is 0 Å². The normalized spacial score (nSPS) is 16.5. The number of carbonyl (C=O) groups excluding carboxylic acids is 1. The highest BCUT2D eigenvalue weighted by molar-refractivity contribution is 7.92. The molecule has 0 aliphatic carbocycles. The van der Waals surface area contributed by atoms with E-state index in [1.165, 1.54) is 4.31 Å². The van der Waals surface area contributed by atoms with Crippen LogP contribution in [0.3, 0.4) is 0 Å². The van der Waals surface area contributed by atoms with Gasteiger partial charge < -0.3 is 14.8 Å². The quantitative estimate of drug-likeness (QED) is 0.796. The summed E-state index contributed by atoms with van der Waals surface area (Å²) in [6.07, 6.45) is 1.35. The van der Waals surface area contributed by atoms with Gasteiger partial charge in [0.1, 0.15) is 11.5 Å². The monoisotopic (exact) mass is 404 g/mol. The summed E-state index contributed by atoms with van der Waals surface area (Å²) in [5, 5.41) is 2.88. The lowest BCUT2D eigenvalue weighted by molar-refractivity contribution is -0.128. The van der Waals surface area contributed by atoms with Gasteiger partial charge in [0, 0.05) is 19.5 Å². The molecule has 3 rings (SSSR count). The SMILES string of the molecule is COc1ccc(CCNC(=O)[C@@H]2CCN(S(C)(=O)=O)c3ccccc3O2)cc1. The summed E-state index contributed by atoms with van der Waals surface area (Å²) in [6.45, 7) is 0.648. The molecule has 28 heavy (non-hydrogen) atoms. The summed E-state index contributed by atoms with van der Waals surface area (Å²) < 4.78 is 36.5. The highest BCUT2D eigenvalue weighted by atomic mass is 32.2.